The van der Waals surface area contributed by atoms with Crippen molar-refractivity contribution in [2.45, 2.75) is 11.4 Å². The van der Waals surface area contributed by atoms with Crippen molar-refractivity contribution < 1.29 is 17.5 Å². The van der Waals surface area contributed by atoms with Crippen LogP contribution in [-0.4, -0.2) is 15.5 Å². The number of hydrogen-bond donors (Lipinski definition) is 2. The minimum absolute atomic E-state index is 0.0657. The Balaban J connectivity index is 2.25. The van der Waals surface area contributed by atoms with Crippen molar-refractivity contribution in [2.24, 2.45) is 0 Å². The Bertz CT molecular complexity index is 676. The predicted octanol–water partition coefficient (Wildman–Crippen LogP) is 1.96. The SMILES string of the molecule is COc1c(N)cc(S(=O)(=O)NCc2cccs2)cc1F. The zero-order chi connectivity index (χ0) is 14.8. The molecule has 0 aliphatic rings. The number of methoxy groups -OCH3 is 1. The Morgan fingerprint density at radius 1 is 1.45 bits per heavy atom. The maximum absolute atomic E-state index is 13.7. The van der Waals surface area contributed by atoms with Gasteiger partial charge in [0.25, 0.3) is 0 Å². The Morgan fingerprint density at radius 2 is 2.20 bits per heavy atom. The number of thiophene rings is 1. The number of nitrogen functional groups attached to an aromatic ring is 1. The van der Waals surface area contributed by atoms with Gasteiger partial charge in [0, 0.05) is 11.4 Å². The zero-order valence-electron chi connectivity index (χ0n) is 10.6. The average Bonchev–Trinajstić information content (AvgIpc) is 2.89. The van der Waals surface area contributed by atoms with Crippen molar-refractivity contribution >= 4 is 27.0 Å². The van der Waals surface area contributed by atoms with Crippen LogP contribution < -0.4 is 15.2 Å². The van der Waals surface area contributed by atoms with Crippen LogP contribution in [0.3, 0.4) is 0 Å². The van der Waals surface area contributed by atoms with Crippen LogP contribution in [-0.2, 0) is 16.6 Å². The van der Waals surface area contributed by atoms with Gasteiger partial charge in [-0.15, -0.1) is 11.3 Å². The number of nitrogens with two attached hydrogens (primary N) is 1. The van der Waals surface area contributed by atoms with Gasteiger partial charge in [-0.25, -0.2) is 17.5 Å². The van der Waals surface area contributed by atoms with E-state index in [4.69, 9.17) is 10.5 Å². The summed E-state index contributed by atoms with van der Waals surface area (Å²) in [7, 11) is -2.56. The third-order valence-corrected chi connectivity index (χ3v) is 4.83. The lowest BCUT2D eigenvalue weighted by Gasteiger charge is -2.10. The number of sulfonamides is 1. The van der Waals surface area contributed by atoms with Gasteiger partial charge in [0.05, 0.1) is 17.7 Å². The van der Waals surface area contributed by atoms with Crippen LogP contribution in [0.2, 0.25) is 0 Å². The first-order chi connectivity index (χ1) is 9.44. The van der Waals surface area contributed by atoms with Crippen LogP contribution in [0.15, 0.2) is 34.5 Å². The quantitative estimate of drug-likeness (QED) is 0.826. The smallest absolute Gasteiger partial charge is 0.241 e. The van der Waals surface area contributed by atoms with Gasteiger partial charge in [0.15, 0.2) is 11.6 Å². The summed E-state index contributed by atoms with van der Waals surface area (Å²) in [6.45, 7) is 0.146. The van der Waals surface area contributed by atoms with Crippen molar-refractivity contribution in [3.05, 3.63) is 40.3 Å². The number of rotatable bonds is 5. The highest BCUT2D eigenvalue weighted by Crippen LogP contribution is 2.28. The standard InChI is InChI=1S/C12H13FN2O3S2/c1-18-12-10(13)5-9(6-11(12)14)20(16,17)15-7-8-3-2-4-19-8/h2-6,15H,7,14H2,1H3. The Labute approximate surface area is 120 Å². The van der Waals surface area contributed by atoms with Crippen LogP contribution >= 0.6 is 11.3 Å². The zero-order valence-corrected chi connectivity index (χ0v) is 12.2. The molecule has 5 nitrogen and oxygen atoms in total. The molecule has 8 heteroatoms. The second kappa shape index (κ2) is 5.78. The van der Waals surface area contributed by atoms with Crippen LogP contribution in [0.1, 0.15) is 4.88 Å². The van der Waals surface area contributed by atoms with E-state index in [2.05, 4.69) is 4.72 Å². The van der Waals surface area contributed by atoms with E-state index >= 15 is 0 Å². The molecule has 3 N–H and O–H groups in total. The van der Waals surface area contributed by atoms with E-state index in [1.807, 2.05) is 11.4 Å². The highest BCUT2D eigenvalue weighted by Gasteiger charge is 2.19. The molecule has 1 aromatic heterocycles. The Kier molecular flexibility index (Phi) is 4.26. The van der Waals surface area contributed by atoms with E-state index in [0.29, 0.717) is 0 Å². The molecule has 108 valence electrons. The maximum Gasteiger partial charge on any atom is 0.241 e. The van der Waals surface area contributed by atoms with E-state index in [-0.39, 0.29) is 22.9 Å². The number of benzene rings is 1. The summed E-state index contributed by atoms with van der Waals surface area (Å²) in [6.07, 6.45) is 0. The minimum atomic E-state index is -3.83. The molecule has 0 aliphatic heterocycles. The van der Waals surface area contributed by atoms with Gasteiger partial charge in [-0.1, -0.05) is 6.07 Å². The summed E-state index contributed by atoms with van der Waals surface area (Å²) < 4.78 is 44.9. The molecule has 0 saturated carbocycles. The summed E-state index contributed by atoms with van der Waals surface area (Å²) >= 11 is 1.43. The summed E-state index contributed by atoms with van der Waals surface area (Å²) in [5.41, 5.74) is 5.50. The monoisotopic (exact) mass is 316 g/mol. The largest absolute Gasteiger partial charge is 0.492 e. The molecular weight excluding hydrogens is 303 g/mol. The van der Waals surface area contributed by atoms with Crippen LogP contribution in [0.5, 0.6) is 5.75 Å². The predicted molar refractivity (Wildman–Crippen MR) is 75.7 cm³/mol. The molecule has 20 heavy (non-hydrogen) atoms. The molecule has 2 aromatic rings. The van der Waals surface area contributed by atoms with Crippen molar-refractivity contribution in [3.63, 3.8) is 0 Å². The molecular formula is C12H13FN2O3S2. The summed E-state index contributed by atoms with van der Waals surface area (Å²) in [4.78, 5) is 0.625. The molecule has 0 amide bonds. The lowest BCUT2D eigenvalue weighted by Crippen LogP contribution is -2.23. The molecule has 0 unspecified atom stereocenters. The fourth-order valence-electron chi connectivity index (χ4n) is 1.62. The summed E-state index contributed by atoms with van der Waals surface area (Å²) in [5, 5.41) is 1.84. The second-order valence-corrected chi connectivity index (χ2v) is 6.73. The number of hydrogen-bond acceptors (Lipinski definition) is 5. The second-order valence-electron chi connectivity index (χ2n) is 3.93. The van der Waals surface area contributed by atoms with Gasteiger partial charge in [-0.05, 0) is 23.6 Å². The molecule has 1 heterocycles. The van der Waals surface area contributed by atoms with Gasteiger partial charge in [0.2, 0.25) is 10.0 Å². The summed E-state index contributed by atoms with van der Waals surface area (Å²) in [6, 6.07) is 5.67. The molecule has 0 aliphatic carbocycles. The van der Waals surface area contributed by atoms with Crippen LogP contribution in [0.4, 0.5) is 10.1 Å². The van der Waals surface area contributed by atoms with Gasteiger partial charge in [0.1, 0.15) is 0 Å². The number of ether oxygens (including phenoxy) is 1. The molecule has 0 saturated heterocycles. The van der Waals surface area contributed by atoms with Gasteiger partial charge < -0.3 is 10.5 Å². The van der Waals surface area contributed by atoms with Crippen molar-refractivity contribution in [3.8, 4) is 5.75 Å². The van der Waals surface area contributed by atoms with E-state index in [1.54, 1.807) is 6.07 Å². The van der Waals surface area contributed by atoms with Crippen LogP contribution in [0.25, 0.3) is 0 Å². The molecule has 0 bridgehead atoms. The van der Waals surface area contributed by atoms with Gasteiger partial charge >= 0.3 is 0 Å². The Morgan fingerprint density at radius 3 is 2.75 bits per heavy atom. The normalized spacial score (nSPS) is 11.5. The minimum Gasteiger partial charge on any atom is -0.492 e. The fraction of sp³-hybridized carbons (Fsp3) is 0.167. The molecule has 2 rings (SSSR count). The highest BCUT2D eigenvalue weighted by molar-refractivity contribution is 7.89. The first-order valence-corrected chi connectivity index (χ1v) is 7.95. The lowest BCUT2D eigenvalue weighted by atomic mass is 10.3. The fourth-order valence-corrected chi connectivity index (χ4v) is 3.41. The highest BCUT2D eigenvalue weighted by atomic mass is 32.2. The van der Waals surface area contributed by atoms with E-state index in [0.717, 1.165) is 10.9 Å². The lowest BCUT2D eigenvalue weighted by molar-refractivity contribution is 0.388. The number of anilines is 1. The van der Waals surface area contributed by atoms with Crippen molar-refractivity contribution in [2.75, 3.05) is 12.8 Å². The van der Waals surface area contributed by atoms with E-state index in [1.165, 1.54) is 24.5 Å². The molecule has 0 atom stereocenters. The molecule has 0 radical (unpaired) electrons. The first kappa shape index (κ1) is 14.8. The third kappa shape index (κ3) is 3.09. The molecule has 1 aromatic carbocycles. The van der Waals surface area contributed by atoms with E-state index < -0.39 is 15.8 Å². The number of nitrogens with one attached hydrogen (secondary N) is 1. The van der Waals surface area contributed by atoms with Crippen LogP contribution in [0, 0.1) is 5.82 Å². The average molecular weight is 316 g/mol. The Hall–Kier alpha value is -1.64. The third-order valence-electron chi connectivity index (χ3n) is 2.58. The maximum atomic E-state index is 13.7. The first-order valence-electron chi connectivity index (χ1n) is 5.59. The molecule has 0 spiro atoms. The topological polar surface area (TPSA) is 81.4 Å². The van der Waals surface area contributed by atoms with Crippen molar-refractivity contribution in [1.82, 2.24) is 4.72 Å². The number of halogens is 1. The van der Waals surface area contributed by atoms with Gasteiger partial charge in [-0.3, -0.25) is 0 Å². The van der Waals surface area contributed by atoms with Gasteiger partial charge in [-0.2, -0.15) is 0 Å². The van der Waals surface area contributed by atoms with Crippen molar-refractivity contribution in [1.29, 1.82) is 0 Å². The summed E-state index contributed by atoms with van der Waals surface area (Å²) in [5.74, 6) is -0.980. The van der Waals surface area contributed by atoms with E-state index in [9.17, 15) is 12.8 Å². The molecule has 0 fully saturated rings.